The fourth-order valence-electron chi connectivity index (χ4n) is 1.52. The molecule has 0 saturated heterocycles. The predicted octanol–water partition coefficient (Wildman–Crippen LogP) is 4.41. The normalized spacial score (nSPS) is 10.2. The van der Waals surface area contributed by atoms with E-state index in [9.17, 15) is 4.79 Å². The maximum Gasteiger partial charge on any atom is 0.256 e. The monoisotopic (exact) mass is 374 g/mol. The lowest BCUT2D eigenvalue weighted by atomic mass is 10.2. The van der Waals surface area contributed by atoms with Crippen molar-refractivity contribution < 1.29 is 9.53 Å². The summed E-state index contributed by atoms with van der Waals surface area (Å²) in [7, 11) is 1.46. The van der Waals surface area contributed by atoms with Gasteiger partial charge in [-0.3, -0.25) is 4.79 Å². The lowest BCUT2D eigenvalue weighted by Crippen LogP contribution is -2.13. The molecule has 1 aromatic carbocycles. The number of nitrogens with one attached hydrogen (secondary N) is 1. The first-order valence-corrected chi connectivity index (χ1v) is 7.02. The molecule has 1 aromatic heterocycles. The molecule has 0 fully saturated rings. The van der Waals surface area contributed by atoms with Gasteiger partial charge in [-0.1, -0.05) is 23.2 Å². The molecule has 1 amide bonds. The maximum absolute atomic E-state index is 12.1. The van der Waals surface area contributed by atoms with Crippen molar-refractivity contribution >= 4 is 50.9 Å². The van der Waals surface area contributed by atoms with Gasteiger partial charge in [0.05, 0.1) is 17.2 Å². The molecule has 0 saturated carbocycles. The van der Waals surface area contributed by atoms with Crippen LogP contribution in [0, 0.1) is 0 Å². The molecule has 1 heterocycles. The van der Waals surface area contributed by atoms with E-state index in [1.807, 2.05) is 0 Å². The fraction of sp³-hybridized carbons (Fsp3) is 0.0769. The Balaban J connectivity index is 2.23. The molecule has 0 aliphatic rings. The van der Waals surface area contributed by atoms with Crippen LogP contribution >= 0.6 is 39.1 Å². The van der Waals surface area contributed by atoms with E-state index in [1.165, 1.54) is 19.2 Å². The molecule has 4 nitrogen and oxygen atoms in total. The Morgan fingerprint density at radius 2 is 1.95 bits per heavy atom. The van der Waals surface area contributed by atoms with E-state index in [0.717, 1.165) is 4.47 Å². The minimum atomic E-state index is -0.355. The van der Waals surface area contributed by atoms with Crippen LogP contribution in [0.25, 0.3) is 0 Å². The molecule has 2 aromatic rings. The Labute approximate surface area is 134 Å². The summed E-state index contributed by atoms with van der Waals surface area (Å²) in [5.41, 5.74) is 0.325. The number of carbonyl (C=O) groups is 1. The van der Waals surface area contributed by atoms with E-state index in [1.54, 1.807) is 18.3 Å². The highest BCUT2D eigenvalue weighted by Crippen LogP contribution is 2.33. The van der Waals surface area contributed by atoms with Gasteiger partial charge in [0.15, 0.2) is 5.75 Å². The zero-order valence-corrected chi connectivity index (χ0v) is 13.4. The van der Waals surface area contributed by atoms with E-state index < -0.39 is 0 Å². The van der Waals surface area contributed by atoms with Crippen molar-refractivity contribution in [1.29, 1.82) is 0 Å². The number of carbonyl (C=O) groups excluding carboxylic acids is 1. The Bertz CT molecular complexity index is 624. The number of pyridine rings is 1. The van der Waals surface area contributed by atoms with Gasteiger partial charge in [0, 0.05) is 16.2 Å². The molecule has 2 rings (SSSR count). The van der Waals surface area contributed by atoms with Gasteiger partial charge in [0.25, 0.3) is 5.91 Å². The molecular weight excluding hydrogens is 367 g/mol. The third-order valence-electron chi connectivity index (χ3n) is 2.43. The fourth-order valence-corrected chi connectivity index (χ4v) is 2.40. The molecule has 0 radical (unpaired) electrons. The average Bonchev–Trinajstić information content (AvgIpc) is 2.41. The van der Waals surface area contributed by atoms with Crippen molar-refractivity contribution in [2.24, 2.45) is 0 Å². The van der Waals surface area contributed by atoms with Crippen molar-refractivity contribution in [3.05, 3.63) is 50.5 Å². The lowest BCUT2D eigenvalue weighted by Gasteiger charge is -2.09. The number of methoxy groups -OCH3 is 1. The largest absolute Gasteiger partial charge is 0.494 e. The minimum Gasteiger partial charge on any atom is -0.494 e. The van der Waals surface area contributed by atoms with Gasteiger partial charge in [-0.15, -0.1) is 0 Å². The van der Waals surface area contributed by atoms with Crippen LogP contribution < -0.4 is 10.1 Å². The first kappa shape index (κ1) is 15.1. The topological polar surface area (TPSA) is 51.2 Å². The molecule has 0 atom stereocenters. The summed E-state index contributed by atoms with van der Waals surface area (Å²) in [4.78, 5) is 16.1. The highest BCUT2D eigenvalue weighted by atomic mass is 79.9. The summed E-state index contributed by atoms with van der Waals surface area (Å²) in [6.07, 6.45) is 1.59. The molecular formula is C13H9BrCl2N2O2. The van der Waals surface area contributed by atoms with Crippen molar-refractivity contribution in [2.75, 3.05) is 12.4 Å². The smallest absolute Gasteiger partial charge is 0.256 e. The SMILES string of the molecule is COc1c(Cl)cc(C(=O)Nc2ccc(Br)cn2)cc1Cl. The van der Waals surface area contributed by atoms with Gasteiger partial charge < -0.3 is 10.1 Å². The standard InChI is InChI=1S/C13H9BrCl2N2O2/c1-20-12-9(15)4-7(5-10(12)16)13(19)18-11-3-2-8(14)6-17-11/h2-6H,1H3,(H,17,18,19). The Hall–Kier alpha value is -1.30. The van der Waals surface area contributed by atoms with Crippen LogP contribution in [0.5, 0.6) is 5.75 Å². The van der Waals surface area contributed by atoms with Gasteiger partial charge in [0.1, 0.15) is 5.82 Å². The molecule has 1 N–H and O–H groups in total. The van der Waals surface area contributed by atoms with Crippen molar-refractivity contribution in [3.63, 3.8) is 0 Å². The van der Waals surface area contributed by atoms with Gasteiger partial charge in [-0.05, 0) is 40.2 Å². The summed E-state index contributed by atoms with van der Waals surface area (Å²) < 4.78 is 5.85. The van der Waals surface area contributed by atoms with Crippen LogP contribution in [0.15, 0.2) is 34.9 Å². The second-order valence-electron chi connectivity index (χ2n) is 3.79. The molecule has 0 aliphatic carbocycles. The molecule has 0 aliphatic heterocycles. The van der Waals surface area contributed by atoms with Crippen molar-refractivity contribution in [1.82, 2.24) is 4.98 Å². The summed E-state index contributed by atoms with van der Waals surface area (Å²) in [5, 5.41) is 3.19. The summed E-state index contributed by atoms with van der Waals surface area (Å²) >= 11 is 15.3. The van der Waals surface area contributed by atoms with Crippen molar-refractivity contribution in [3.8, 4) is 5.75 Å². The zero-order chi connectivity index (χ0) is 14.7. The predicted molar refractivity (Wildman–Crippen MR) is 82.9 cm³/mol. The van der Waals surface area contributed by atoms with Gasteiger partial charge in [-0.2, -0.15) is 0 Å². The first-order valence-electron chi connectivity index (χ1n) is 5.47. The Kier molecular flexibility index (Phi) is 4.86. The first-order chi connectivity index (χ1) is 9.51. The van der Waals surface area contributed by atoms with E-state index >= 15 is 0 Å². The number of benzene rings is 1. The number of rotatable bonds is 3. The third kappa shape index (κ3) is 3.42. The van der Waals surface area contributed by atoms with Crippen LogP contribution in [0.3, 0.4) is 0 Å². The minimum absolute atomic E-state index is 0.272. The summed E-state index contributed by atoms with van der Waals surface area (Å²) in [6, 6.07) is 6.42. The third-order valence-corrected chi connectivity index (χ3v) is 3.46. The number of nitrogens with zero attached hydrogens (tertiary/aromatic N) is 1. The summed E-state index contributed by atoms with van der Waals surface area (Å²) in [5.74, 6) is 0.416. The summed E-state index contributed by atoms with van der Waals surface area (Å²) in [6.45, 7) is 0. The van der Waals surface area contributed by atoms with E-state index in [-0.39, 0.29) is 16.0 Å². The second kappa shape index (κ2) is 6.43. The van der Waals surface area contributed by atoms with Crippen LogP contribution in [0.1, 0.15) is 10.4 Å². The van der Waals surface area contributed by atoms with Gasteiger partial charge in [-0.25, -0.2) is 4.98 Å². The number of hydrogen-bond acceptors (Lipinski definition) is 3. The molecule has 0 bridgehead atoms. The maximum atomic E-state index is 12.1. The zero-order valence-electron chi connectivity index (χ0n) is 10.3. The van der Waals surface area contributed by atoms with Crippen LogP contribution in [-0.4, -0.2) is 18.0 Å². The van der Waals surface area contributed by atoms with E-state index in [0.29, 0.717) is 17.1 Å². The number of amides is 1. The number of halogens is 3. The second-order valence-corrected chi connectivity index (χ2v) is 5.52. The Morgan fingerprint density at radius 1 is 1.30 bits per heavy atom. The molecule has 7 heteroatoms. The number of ether oxygens (including phenoxy) is 1. The number of hydrogen-bond donors (Lipinski definition) is 1. The highest BCUT2D eigenvalue weighted by molar-refractivity contribution is 9.10. The van der Waals surface area contributed by atoms with Gasteiger partial charge in [0.2, 0.25) is 0 Å². The van der Waals surface area contributed by atoms with E-state index in [4.69, 9.17) is 27.9 Å². The van der Waals surface area contributed by atoms with Crippen LogP contribution in [-0.2, 0) is 0 Å². The quantitative estimate of drug-likeness (QED) is 0.864. The van der Waals surface area contributed by atoms with Gasteiger partial charge >= 0.3 is 0 Å². The van der Waals surface area contributed by atoms with Crippen molar-refractivity contribution in [2.45, 2.75) is 0 Å². The number of aromatic nitrogens is 1. The van der Waals surface area contributed by atoms with E-state index in [2.05, 4.69) is 26.2 Å². The molecule has 104 valence electrons. The molecule has 20 heavy (non-hydrogen) atoms. The highest BCUT2D eigenvalue weighted by Gasteiger charge is 2.14. The molecule has 0 unspecified atom stereocenters. The van der Waals surface area contributed by atoms with Crippen LogP contribution in [0.2, 0.25) is 10.0 Å². The number of anilines is 1. The Morgan fingerprint density at radius 3 is 2.45 bits per heavy atom. The average molecular weight is 376 g/mol. The lowest BCUT2D eigenvalue weighted by molar-refractivity contribution is 0.102. The van der Waals surface area contributed by atoms with Crippen LogP contribution in [0.4, 0.5) is 5.82 Å². The molecule has 0 spiro atoms.